The molecule has 2 heteroatoms. The van der Waals surface area contributed by atoms with Crippen molar-refractivity contribution in [1.29, 1.82) is 0 Å². The van der Waals surface area contributed by atoms with Crippen LogP contribution in [0.2, 0.25) is 0 Å². The lowest BCUT2D eigenvalue weighted by Gasteiger charge is -2.22. The molecule has 2 nitrogen and oxygen atoms in total. The zero-order valence-corrected chi connectivity index (χ0v) is 9.87. The molecule has 0 aromatic heterocycles. The van der Waals surface area contributed by atoms with E-state index in [1.807, 2.05) is 27.0 Å². The van der Waals surface area contributed by atoms with Gasteiger partial charge in [0.1, 0.15) is 0 Å². The Morgan fingerprint density at radius 1 is 1.43 bits per heavy atom. The summed E-state index contributed by atoms with van der Waals surface area (Å²) < 4.78 is 0. The Morgan fingerprint density at radius 3 is 2.36 bits per heavy atom. The average molecular weight is 195 g/mol. The van der Waals surface area contributed by atoms with Crippen LogP contribution in [0.5, 0.6) is 0 Å². The van der Waals surface area contributed by atoms with Gasteiger partial charge < -0.3 is 4.90 Å². The number of carbonyl (C=O) groups is 1. The molecule has 0 saturated carbocycles. The highest BCUT2D eigenvalue weighted by molar-refractivity contribution is 5.47. The fourth-order valence-electron chi connectivity index (χ4n) is 1.21. The third kappa shape index (κ3) is 4.29. The molecule has 14 heavy (non-hydrogen) atoms. The van der Waals surface area contributed by atoms with Crippen LogP contribution in [0.4, 0.5) is 0 Å². The predicted molar refractivity (Wildman–Crippen MR) is 60.0 cm³/mol. The number of amides is 1. The van der Waals surface area contributed by atoms with Crippen LogP contribution in [0.1, 0.15) is 34.1 Å². The van der Waals surface area contributed by atoms with Gasteiger partial charge in [-0.2, -0.15) is 0 Å². The van der Waals surface area contributed by atoms with Crippen LogP contribution in [0.3, 0.4) is 0 Å². The third-order valence-corrected chi connectivity index (χ3v) is 2.40. The molecule has 0 saturated heterocycles. The summed E-state index contributed by atoms with van der Waals surface area (Å²) in [7, 11) is 1.81. The first-order chi connectivity index (χ1) is 6.52. The fraction of sp³-hybridized carbons (Fsp3) is 0.667. The van der Waals surface area contributed by atoms with Crippen LogP contribution >= 0.6 is 0 Å². The van der Waals surface area contributed by atoms with E-state index in [1.165, 1.54) is 5.57 Å². The van der Waals surface area contributed by atoms with Gasteiger partial charge in [-0.1, -0.05) is 13.8 Å². The summed E-state index contributed by atoms with van der Waals surface area (Å²) >= 11 is 0. The van der Waals surface area contributed by atoms with Crippen LogP contribution in [0, 0.1) is 5.92 Å². The van der Waals surface area contributed by atoms with E-state index >= 15 is 0 Å². The van der Waals surface area contributed by atoms with E-state index in [1.54, 1.807) is 4.90 Å². The highest BCUT2D eigenvalue weighted by atomic mass is 16.1. The van der Waals surface area contributed by atoms with E-state index in [2.05, 4.69) is 19.6 Å². The molecule has 0 aliphatic heterocycles. The average Bonchev–Trinajstić information content (AvgIpc) is 2.15. The van der Waals surface area contributed by atoms with Gasteiger partial charge in [-0.05, 0) is 37.8 Å². The Labute approximate surface area is 87.3 Å². The maximum atomic E-state index is 10.5. The van der Waals surface area contributed by atoms with Crippen LogP contribution < -0.4 is 0 Å². The van der Waals surface area contributed by atoms with E-state index in [9.17, 15) is 4.79 Å². The largest absolute Gasteiger partial charge is 0.345 e. The molecular weight excluding hydrogens is 174 g/mol. The lowest BCUT2D eigenvalue weighted by atomic mass is 9.97. The minimum atomic E-state index is 0.248. The minimum absolute atomic E-state index is 0.248. The van der Waals surface area contributed by atoms with Crippen molar-refractivity contribution in [3.05, 3.63) is 17.4 Å². The zero-order valence-electron chi connectivity index (χ0n) is 9.87. The van der Waals surface area contributed by atoms with Crippen molar-refractivity contribution >= 4 is 6.41 Å². The second-order valence-corrected chi connectivity index (χ2v) is 3.94. The van der Waals surface area contributed by atoms with Crippen LogP contribution in [0.15, 0.2) is 17.4 Å². The lowest BCUT2D eigenvalue weighted by Crippen LogP contribution is -2.28. The second kappa shape index (κ2) is 6.44. The number of nitrogens with zero attached hydrogens (tertiary/aromatic N) is 1. The van der Waals surface area contributed by atoms with Gasteiger partial charge in [-0.25, -0.2) is 0 Å². The van der Waals surface area contributed by atoms with Crippen molar-refractivity contribution in [2.24, 2.45) is 5.92 Å². The van der Waals surface area contributed by atoms with Crippen LogP contribution in [-0.4, -0.2) is 24.4 Å². The number of carbonyl (C=O) groups excluding carboxylic acids is 1. The Kier molecular flexibility index (Phi) is 5.98. The molecule has 0 aliphatic rings. The van der Waals surface area contributed by atoms with E-state index < -0.39 is 0 Å². The molecule has 80 valence electrons. The Hall–Kier alpha value is -1.01. The topological polar surface area (TPSA) is 20.3 Å². The van der Waals surface area contributed by atoms with E-state index in [4.69, 9.17) is 0 Å². The quantitative estimate of drug-likeness (QED) is 0.488. The molecule has 0 aliphatic carbocycles. The first kappa shape index (κ1) is 13.0. The van der Waals surface area contributed by atoms with Crippen molar-refractivity contribution in [3.63, 3.8) is 0 Å². The molecular formula is C12H21NO. The molecule has 0 aromatic rings. The molecule has 0 bridgehead atoms. The normalized spacial score (nSPS) is 11.9. The van der Waals surface area contributed by atoms with Gasteiger partial charge in [0.15, 0.2) is 0 Å². The van der Waals surface area contributed by atoms with Crippen LogP contribution in [-0.2, 0) is 4.79 Å². The Morgan fingerprint density at radius 2 is 2.00 bits per heavy atom. The summed E-state index contributed by atoms with van der Waals surface area (Å²) in [5, 5.41) is 0. The summed E-state index contributed by atoms with van der Waals surface area (Å²) in [4.78, 5) is 12.2. The SMILES string of the molecule is CC=C=C(CC(C)N(C)C=O)C(C)C. The summed E-state index contributed by atoms with van der Waals surface area (Å²) in [6.45, 7) is 8.32. The molecule has 0 radical (unpaired) electrons. The van der Waals surface area contributed by atoms with Gasteiger partial charge >= 0.3 is 0 Å². The van der Waals surface area contributed by atoms with E-state index in [0.717, 1.165) is 12.8 Å². The summed E-state index contributed by atoms with van der Waals surface area (Å²) in [5.74, 6) is 0.494. The summed E-state index contributed by atoms with van der Waals surface area (Å²) in [6.07, 6.45) is 3.71. The number of hydrogen-bond acceptors (Lipinski definition) is 1. The molecule has 0 fully saturated rings. The fourth-order valence-corrected chi connectivity index (χ4v) is 1.21. The summed E-state index contributed by atoms with van der Waals surface area (Å²) in [5.41, 5.74) is 4.51. The number of hydrogen-bond donors (Lipinski definition) is 0. The van der Waals surface area contributed by atoms with Crippen molar-refractivity contribution in [1.82, 2.24) is 4.90 Å². The lowest BCUT2D eigenvalue weighted by molar-refractivity contribution is -0.118. The van der Waals surface area contributed by atoms with Gasteiger partial charge in [-0.3, -0.25) is 4.79 Å². The molecule has 0 N–H and O–H groups in total. The Bertz CT molecular complexity index is 237. The van der Waals surface area contributed by atoms with Crippen molar-refractivity contribution < 1.29 is 4.79 Å². The van der Waals surface area contributed by atoms with Gasteiger partial charge in [0, 0.05) is 13.1 Å². The maximum absolute atomic E-state index is 10.5. The molecule has 0 rings (SSSR count). The molecule has 1 amide bonds. The highest BCUT2D eigenvalue weighted by Gasteiger charge is 2.11. The van der Waals surface area contributed by atoms with Gasteiger partial charge in [0.2, 0.25) is 6.41 Å². The molecule has 0 heterocycles. The van der Waals surface area contributed by atoms with Gasteiger partial charge in [-0.15, -0.1) is 5.73 Å². The highest BCUT2D eigenvalue weighted by Crippen LogP contribution is 2.16. The van der Waals surface area contributed by atoms with Crippen molar-refractivity contribution in [3.8, 4) is 0 Å². The molecule has 0 aromatic carbocycles. The zero-order chi connectivity index (χ0) is 11.1. The predicted octanol–water partition coefficient (Wildman–Crippen LogP) is 2.61. The van der Waals surface area contributed by atoms with Gasteiger partial charge in [0.05, 0.1) is 0 Å². The Balaban J connectivity index is 4.47. The summed E-state index contributed by atoms with van der Waals surface area (Å²) in [6, 6.07) is 0.248. The second-order valence-electron chi connectivity index (χ2n) is 3.94. The third-order valence-electron chi connectivity index (χ3n) is 2.40. The molecule has 1 atom stereocenters. The van der Waals surface area contributed by atoms with Gasteiger partial charge in [0.25, 0.3) is 0 Å². The smallest absolute Gasteiger partial charge is 0.209 e. The van der Waals surface area contributed by atoms with E-state index in [-0.39, 0.29) is 6.04 Å². The molecule has 1 unspecified atom stereocenters. The van der Waals surface area contributed by atoms with Crippen LogP contribution in [0.25, 0.3) is 0 Å². The van der Waals surface area contributed by atoms with Crippen molar-refractivity contribution in [2.45, 2.75) is 40.2 Å². The molecule has 0 spiro atoms. The minimum Gasteiger partial charge on any atom is -0.345 e. The first-order valence-corrected chi connectivity index (χ1v) is 5.10. The standard InChI is InChI=1S/C12H21NO/c1-6-7-12(10(2)3)8-11(4)13(5)9-14/h6,9-11H,8H2,1-5H3. The first-order valence-electron chi connectivity index (χ1n) is 5.10. The monoisotopic (exact) mass is 195 g/mol. The maximum Gasteiger partial charge on any atom is 0.209 e. The number of rotatable bonds is 5. The van der Waals surface area contributed by atoms with Crippen molar-refractivity contribution in [2.75, 3.05) is 7.05 Å². The van der Waals surface area contributed by atoms with E-state index in [0.29, 0.717) is 5.92 Å².